The second-order valence-electron chi connectivity index (χ2n) is 6.73. The Balaban J connectivity index is 1.74. The van der Waals surface area contributed by atoms with Crippen LogP contribution in [0.25, 0.3) is 0 Å². The highest BCUT2D eigenvalue weighted by Crippen LogP contribution is 2.37. The van der Waals surface area contributed by atoms with E-state index in [1.165, 1.54) is 12.1 Å². The van der Waals surface area contributed by atoms with E-state index in [0.29, 0.717) is 23.6 Å². The quantitative estimate of drug-likeness (QED) is 0.744. The molecular weight excluding hydrogens is 371 g/mol. The van der Waals surface area contributed by atoms with Crippen molar-refractivity contribution in [2.45, 2.75) is 31.5 Å². The van der Waals surface area contributed by atoms with E-state index in [0.717, 1.165) is 30.5 Å². The number of alkyl halides is 3. The third-order valence-electron chi connectivity index (χ3n) is 5.00. The summed E-state index contributed by atoms with van der Waals surface area (Å²) < 4.78 is 48.7. The first-order chi connectivity index (χ1) is 13.3. The van der Waals surface area contributed by atoms with Crippen molar-refractivity contribution in [2.24, 2.45) is 0 Å². The summed E-state index contributed by atoms with van der Waals surface area (Å²) in [7, 11) is 3.12. The minimum atomic E-state index is -4.38. The zero-order valence-corrected chi connectivity index (χ0v) is 15.8. The van der Waals surface area contributed by atoms with Crippen LogP contribution in [0.4, 0.5) is 13.2 Å². The number of rotatable bonds is 5. The van der Waals surface area contributed by atoms with Crippen molar-refractivity contribution in [3.8, 4) is 11.5 Å². The van der Waals surface area contributed by atoms with Crippen LogP contribution in [-0.4, -0.2) is 31.6 Å². The van der Waals surface area contributed by atoms with Gasteiger partial charge < -0.3 is 14.4 Å². The first kappa shape index (κ1) is 20.0. The maximum absolute atomic E-state index is 12.8. The largest absolute Gasteiger partial charge is 0.493 e. The van der Waals surface area contributed by atoms with Crippen molar-refractivity contribution in [1.29, 1.82) is 0 Å². The minimum absolute atomic E-state index is 0.0714. The van der Waals surface area contributed by atoms with Crippen LogP contribution in [0.1, 0.15) is 35.6 Å². The fourth-order valence-corrected chi connectivity index (χ4v) is 3.56. The molecule has 28 heavy (non-hydrogen) atoms. The first-order valence-electron chi connectivity index (χ1n) is 9.01. The highest BCUT2D eigenvalue weighted by Gasteiger charge is 2.32. The number of hydrogen-bond acceptors (Lipinski definition) is 3. The molecule has 1 aliphatic heterocycles. The number of ether oxygens (including phenoxy) is 2. The molecule has 1 heterocycles. The fraction of sp³-hybridized carbons (Fsp3) is 0.381. The molecule has 7 heteroatoms. The molecule has 0 radical (unpaired) electrons. The van der Waals surface area contributed by atoms with Gasteiger partial charge in [0, 0.05) is 6.54 Å². The number of carbonyl (C=O) groups is 1. The van der Waals surface area contributed by atoms with Gasteiger partial charge in [-0.3, -0.25) is 4.79 Å². The summed E-state index contributed by atoms with van der Waals surface area (Å²) in [5.74, 6) is 1.12. The third-order valence-corrected chi connectivity index (χ3v) is 5.00. The molecule has 2 aromatic carbocycles. The van der Waals surface area contributed by atoms with Crippen LogP contribution in [0.3, 0.4) is 0 Å². The molecule has 150 valence electrons. The molecule has 0 aliphatic carbocycles. The van der Waals surface area contributed by atoms with E-state index in [1.807, 2.05) is 18.2 Å². The number of hydrogen-bond donors (Lipinski definition) is 0. The second kappa shape index (κ2) is 8.12. The third kappa shape index (κ3) is 4.24. The molecule has 1 atom stereocenters. The van der Waals surface area contributed by atoms with E-state index in [9.17, 15) is 18.0 Å². The lowest BCUT2D eigenvalue weighted by Gasteiger charge is -2.26. The van der Waals surface area contributed by atoms with Crippen LogP contribution in [0, 0.1) is 0 Å². The van der Waals surface area contributed by atoms with Crippen LogP contribution >= 0.6 is 0 Å². The predicted octanol–water partition coefficient (Wildman–Crippen LogP) is 4.63. The van der Waals surface area contributed by atoms with Crippen molar-refractivity contribution in [3.63, 3.8) is 0 Å². The molecule has 0 bridgehead atoms. The Hall–Kier alpha value is -2.70. The number of likely N-dealkylation sites (tertiary alicyclic amines) is 1. The average Bonchev–Trinajstić information content (AvgIpc) is 3.17. The topological polar surface area (TPSA) is 38.8 Å². The number of halogens is 3. The van der Waals surface area contributed by atoms with Gasteiger partial charge >= 0.3 is 6.18 Å². The first-order valence-corrected chi connectivity index (χ1v) is 9.01. The molecule has 1 unspecified atom stereocenters. The van der Waals surface area contributed by atoms with E-state index >= 15 is 0 Å². The van der Waals surface area contributed by atoms with Crippen LogP contribution in [0.2, 0.25) is 0 Å². The molecule has 1 aliphatic rings. The van der Waals surface area contributed by atoms with Gasteiger partial charge in [-0.1, -0.05) is 18.2 Å². The molecule has 0 aromatic heterocycles. The van der Waals surface area contributed by atoms with Crippen molar-refractivity contribution in [2.75, 3.05) is 20.8 Å². The average molecular weight is 393 g/mol. The number of benzene rings is 2. The lowest BCUT2D eigenvalue weighted by molar-refractivity contribution is -0.137. The van der Waals surface area contributed by atoms with Gasteiger partial charge in [-0.15, -0.1) is 0 Å². The van der Waals surface area contributed by atoms with Gasteiger partial charge in [0.15, 0.2) is 11.5 Å². The van der Waals surface area contributed by atoms with Crippen molar-refractivity contribution in [3.05, 3.63) is 59.2 Å². The lowest BCUT2D eigenvalue weighted by Crippen LogP contribution is -2.31. The zero-order chi connectivity index (χ0) is 20.3. The minimum Gasteiger partial charge on any atom is -0.493 e. The summed E-state index contributed by atoms with van der Waals surface area (Å²) in [5, 5.41) is 0. The summed E-state index contributed by atoms with van der Waals surface area (Å²) >= 11 is 0. The van der Waals surface area contributed by atoms with E-state index in [2.05, 4.69) is 0 Å². The molecular formula is C21H22F3NO3. The Morgan fingerprint density at radius 1 is 1.07 bits per heavy atom. The van der Waals surface area contributed by atoms with Gasteiger partial charge in [0.05, 0.1) is 32.2 Å². The van der Waals surface area contributed by atoms with E-state index in [4.69, 9.17) is 9.47 Å². The van der Waals surface area contributed by atoms with Gasteiger partial charge in [0.2, 0.25) is 5.91 Å². The van der Waals surface area contributed by atoms with Crippen molar-refractivity contribution in [1.82, 2.24) is 4.90 Å². The molecule has 4 nitrogen and oxygen atoms in total. The Morgan fingerprint density at radius 3 is 2.36 bits per heavy atom. The highest BCUT2D eigenvalue weighted by atomic mass is 19.4. The van der Waals surface area contributed by atoms with Gasteiger partial charge in [-0.25, -0.2) is 0 Å². The SMILES string of the molecule is COc1ccc(C2CCCN2C(=O)Cc2ccc(C(F)(F)F)cc2)cc1OC. The Kier molecular flexibility index (Phi) is 5.82. The van der Waals surface area contributed by atoms with E-state index < -0.39 is 11.7 Å². The van der Waals surface area contributed by atoms with Crippen LogP contribution in [0.15, 0.2) is 42.5 Å². The molecule has 3 rings (SSSR count). The van der Waals surface area contributed by atoms with Crippen LogP contribution in [0.5, 0.6) is 11.5 Å². The Labute approximate surface area is 161 Å². The summed E-state index contributed by atoms with van der Waals surface area (Å²) in [5.41, 5.74) is 0.806. The standard InChI is InChI=1S/C21H22F3NO3/c1-27-18-10-7-15(13-19(18)28-2)17-4-3-11-25(17)20(26)12-14-5-8-16(9-6-14)21(22,23)24/h5-10,13,17H,3-4,11-12H2,1-2H3. The molecule has 1 fully saturated rings. The molecule has 1 amide bonds. The molecule has 0 spiro atoms. The van der Waals surface area contributed by atoms with Gasteiger partial charge in [0.25, 0.3) is 0 Å². The van der Waals surface area contributed by atoms with E-state index in [1.54, 1.807) is 19.1 Å². The summed E-state index contributed by atoms with van der Waals surface area (Å²) in [6, 6.07) is 10.3. The Bertz CT molecular complexity index is 834. The number of nitrogens with zero attached hydrogens (tertiary/aromatic N) is 1. The maximum atomic E-state index is 12.8. The molecule has 0 N–H and O–H groups in total. The van der Waals surface area contributed by atoms with Gasteiger partial charge in [-0.2, -0.15) is 13.2 Å². The van der Waals surface area contributed by atoms with Crippen molar-refractivity contribution < 1.29 is 27.4 Å². The Morgan fingerprint density at radius 2 is 1.75 bits per heavy atom. The van der Waals surface area contributed by atoms with E-state index in [-0.39, 0.29) is 18.4 Å². The second-order valence-corrected chi connectivity index (χ2v) is 6.73. The summed E-state index contributed by atoms with van der Waals surface area (Å²) in [6.45, 7) is 0.623. The lowest BCUT2D eigenvalue weighted by atomic mass is 10.0. The zero-order valence-electron chi connectivity index (χ0n) is 15.8. The number of amides is 1. The monoisotopic (exact) mass is 393 g/mol. The summed E-state index contributed by atoms with van der Waals surface area (Å²) in [6.07, 6.45) is -2.61. The van der Waals surface area contributed by atoms with Crippen molar-refractivity contribution >= 4 is 5.91 Å². The van der Waals surface area contributed by atoms with Gasteiger partial charge in [0.1, 0.15) is 0 Å². The highest BCUT2D eigenvalue weighted by molar-refractivity contribution is 5.79. The predicted molar refractivity (Wildman–Crippen MR) is 98.4 cm³/mol. The number of carbonyl (C=O) groups excluding carboxylic acids is 1. The van der Waals surface area contributed by atoms with Gasteiger partial charge in [-0.05, 0) is 48.2 Å². The van der Waals surface area contributed by atoms with Crippen LogP contribution in [-0.2, 0) is 17.4 Å². The number of methoxy groups -OCH3 is 2. The van der Waals surface area contributed by atoms with Crippen LogP contribution < -0.4 is 9.47 Å². The fourth-order valence-electron chi connectivity index (χ4n) is 3.56. The molecule has 1 saturated heterocycles. The molecule has 0 saturated carbocycles. The maximum Gasteiger partial charge on any atom is 0.416 e. The smallest absolute Gasteiger partial charge is 0.416 e. The summed E-state index contributed by atoms with van der Waals surface area (Å²) in [4.78, 5) is 14.6. The molecule has 2 aromatic rings. The normalized spacial score (nSPS) is 16.9.